The van der Waals surface area contributed by atoms with Crippen LogP contribution in [0.25, 0.3) is 0 Å². The topological polar surface area (TPSA) is 58.6 Å². The molecule has 112 valence electrons. The Balaban J connectivity index is 2.92. The number of carboxylic acids is 1. The van der Waals surface area contributed by atoms with Gasteiger partial charge in [-0.3, -0.25) is 0 Å². The van der Waals surface area contributed by atoms with E-state index in [-0.39, 0.29) is 11.7 Å². The number of carbonyl (C=O) groups is 1. The molecule has 4 nitrogen and oxygen atoms in total. The van der Waals surface area contributed by atoms with Gasteiger partial charge in [-0.15, -0.1) is 0 Å². The highest BCUT2D eigenvalue weighted by atomic mass is 19.1. The molecule has 0 fully saturated rings. The van der Waals surface area contributed by atoms with Gasteiger partial charge in [-0.05, 0) is 33.3 Å². The van der Waals surface area contributed by atoms with Gasteiger partial charge in [0.1, 0.15) is 11.6 Å². The predicted molar refractivity (Wildman–Crippen MR) is 72.1 cm³/mol. The third-order valence-corrected chi connectivity index (χ3v) is 3.04. The van der Waals surface area contributed by atoms with Crippen LogP contribution in [0.3, 0.4) is 0 Å². The number of benzene rings is 1. The smallest absolute Gasteiger partial charge is 0.338 e. The van der Waals surface area contributed by atoms with Crippen LogP contribution in [0.4, 0.5) is 14.5 Å². The molecule has 0 spiro atoms. The second-order valence-corrected chi connectivity index (χ2v) is 5.33. The second kappa shape index (κ2) is 6.17. The van der Waals surface area contributed by atoms with E-state index in [0.29, 0.717) is 12.5 Å². The molecule has 0 bridgehead atoms. The van der Waals surface area contributed by atoms with Crippen molar-refractivity contribution in [3.8, 4) is 0 Å². The summed E-state index contributed by atoms with van der Waals surface area (Å²) in [7, 11) is 1.58. The van der Waals surface area contributed by atoms with Gasteiger partial charge in [0.25, 0.3) is 0 Å². The van der Waals surface area contributed by atoms with Crippen LogP contribution in [0, 0.1) is 11.6 Å². The lowest BCUT2D eigenvalue weighted by Gasteiger charge is -2.27. The monoisotopic (exact) mass is 287 g/mol. The lowest BCUT2D eigenvalue weighted by Crippen LogP contribution is -2.31. The fourth-order valence-corrected chi connectivity index (χ4v) is 1.96. The molecule has 0 saturated carbocycles. The molecule has 0 saturated heterocycles. The van der Waals surface area contributed by atoms with E-state index in [1.54, 1.807) is 7.11 Å². The Bertz CT molecular complexity index is 503. The minimum atomic E-state index is -1.43. The predicted octanol–water partition coefficient (Wildman–Crippen LogP) is 3.28. The zero-order valence-electron chi connectivity index (χ0n) is 12.0. The summed E-state index contributed by atoms with van der Waals surface area (Å²) in [5.41, 5.74) is -1.01. The van der Waals surface area contributed by atoms with Crippen LogP contribution in [-0.2, 0) is 4.74 Å². The molecule has 1 aromatic carbocycles. The maximum Gasteiger partial charge on any atom is 0.338 e. The number of carboxylic acid groups (broad SMARTS) is 1. The lowest BCUT2D eigenvalue weighted by molar-refractivity contribution is 0.0127. The number of hydrogen-bond acceptors (Lipinski definition) is 3. The number of aromatic carboxylic acids is 1. The van der Waals surface area contributed by atoms with E-state index in [0.717, 1.165) is 6.07 Å². The normalized spacial score (nSPS) is 13.1. The number of rotatable bonds is 6. The summed E-state index contributed by atoms with van der Waals surface area (Å²) in [6.07, 6.45) is 0.572. The van der Waals surface area contributed by atoms with Gasteiger partial charge in [0, 0.05) is 19.2 Å². The summed E-state index contributed by atoms with van der Waals surface area (Å²) < 4.78 is 32.2. The fourth-order valence-electron chi connectivity index (χ4n) is 1.96. The van der Waals surface area contributed by atoms with Crippen molar-refractivity contribution in [2.45, 2.75) is 38.8 Å². The summed E-state index contributed by atoms with van der Waals surface area (Å²) >= 11 is 0. The first-order valence-electron chi connectivity index (χ1n) is 6.20. The number of nitrogens with one attached hydrogen (secondary N) is 1. The quantitative estimate of drug-likeness (QED) is 0.843. The highest BCUT2D eigenvalue weighted by molar-refractivity contribution is 5.89. The number of methoxy groups -OCH3 is 1. The van der Waals surface area contributed by atoms with E-state index in [9.17, 15) is 13.6 Å². The summed E-state index contributed by atoms with van der Waals surface area (Å²) in [6.45, 7) is 5.58. The van der Waals surface area contributed by atoms with Crippen LogP contribution in [0.2, 0.25) is 0 Å². The van der Waals surface area contributed by atoms with Crippen LogP contribution in [0.1, 0.15) is 37.6 Å². The first kappa shape index (κ1) is 16.4. The van der Waals surface area contributed by atoms with Crippen molar-refractivity contribution in [3.63, 3.8) is 0 Å². The van der Waals surface area contributed by atoms with Gasteiger partial charge in [-0.25, -0.2) is 13.6 Å². The maximum absolute atomic E-state index is 13.6. The van der Waals surface area contributed by atoms with E-state index < -0.39 is 28.8 Å². The first-order valence-corrected chi connectivity index (χ1v) is 6.20. The summed E-state index contributed by atoms with van der Waals surface area (Å²) in [4.78, 5) is 10.8. The summed E-state index contributed by atoms with van der Waals surface area (Å²) in [5, 5.41) is 11.7. The molecule has 6 heteroatoms. The number of ether oxygens (including phenoxy) is 1. The van der Waals surface area contributed by atoms with E-state index >= 15 is 0 Å². The van der Waals surface area contributed by atoms with E-state index in [1.807, 2.05) is 20.8 Å². The van der Waals surface area contributed by atoms with Gasteiger partial charge in [-0.2, -0.15) is 0 Å². The minimum Gasteiger partial charge on any atom is -0.478 e. The molecule has 1 rings (SSSR count). The molecule has 0 radical (unpaired) electrons. The summed E-state index contributed by atoms with van der Waals surface area (Å²) in [5.74, 6) is -3.35. The molecular weight excluding hydrogens is 268 g/mol. The number of anilines is 1. The molecule has 0 heterocycles. The van der Waals surface area contributed by atoms with Crippen molar-refractivity contribution >= 4 is 11.7 Å². The molecular formula is C14H19F2NO3. The zero-order chi connectivity index (χ0) is 15.5. The number of halogens is 2. The SMILES string of the molecule is COC(C)(C)CC(C)Nc1cc(C(=O)O)c(F)cc1F. The van der Waals surface area contributed by atoms with Crippen molar-refractivity contribution in [1.29, 1.82) is 0 Å². The Labute approximate surface area is 116 Å². The molecule has 0 amide bonds. The minimum absolute atomic E-state index is 0.0387. The van der Waals surface area contributed by atoms with E-state index in [2.05, 4.69) is 5.32 Å². The lowest BCUT2D eigenvalue weighted by atomic mass is 9.99. The fraction of sp³-hybridized carbons (Fsp3) is 0.500. The van der Waals surface area contributed by atoms with Gasteiger partial charge < -0.3 is 15.2 Å². The van der Waals surface area contributed by atoms with Crippen molar-refractivity contribution in [1.82, 2.24) is 0 Å². The Hall–Kier alpha value is -1.69. The van der Waals surface area contributed by atoms with Gasteiger partial charge in [0.05, 0.1) is 16.9 Å². The molecule has 0 aliphatic rings. The summed E-state index contributed by atoms with van der Waals surface area (Å²) in [6, 6.07) is 1.36. The maximum atomic E-state index is 13.6. The van der Waals surface area contributed by atoms with Gasteiger partial charge in [0.15, 0.2) is 0 Å². The second-order valence-electron chi connectivity index (χ2n) is 5.33. The van der Waals surface area contributed by atoms with Crippen LogP contribution in [0.15, 0.2) is 12.1 Å². The molecule has 0 aliphatic heterocycles. The highest BCUT2D eigenvalue weighted by Crippen LogP contribution is 2.23. The third kappa shape index (κ3) is 4.16. The van der Waals surface area contributed by atoms with E-state index in [4.69, 9.17) is 9.84 Å². The average Bonchev–Trinajstić information content (AvgIpc) is 2.31. The molecule has 0 aliphatic carbocycles. The van der Waals surface area contributed by atoms with Crippen molar-refractivity contribution < 1.29 is 23.4 Å². The van der Waals surface area contributed by atoms with Crippen LogP contribution in [0.5, 0.6) is 0 Å². The first-order chi connectivity index (χ1) is 9.16. The van der Waals surface area contributed by atoms with E-state index in [1.165, 1.54) is 0 Å². The molecule has 1 unspecified atom stereocenters. The Morgan fingerprint density at radius 2 is 2.00 bits per heavy atom. The van der Waals surface area contributed by atoms with Crippen LogP contribution >= 0.6 is 0 Å². The Morgan fingerprint density at radius 1 is 1.40 bits per heavy atom. The van der Waals surface area contributed by atoms with Crippen LogP contribution < -0.4 is 5.32 Å². The average molecular weight is 287 g/mol. The molecule has 20 heavy (non-hydrogen) atoms. The molecule has 0 aromatic heterocycles. The Morgan fingerprint density at radius 3 is 2.50 bits per heavy atom. The van der Waals surface area contributed by atoms with Gasteiger partial charge >= 0.3 is 5.97 Å². The van der Waals surface area contributed by atoms with Crippen molar-refractivity contribution in [2.75, 3.05) is 12.4 Å². The number of hydrogen-bond donors (Lipinski definition) is 2. The van der Waals surface area contributed by atoms with Crippen molar-refractivity contribution in [3.05, 3.63) is 29.3 Å². The largest absolute Gasteiger partial charge is 0.478 e. The third-order valence-electron chi connectivity index (χ3n) is 3.04. The standard InChI is InChI=1S/C14H19F2NO3/c1-8(7-14(2,3)20-4)17-12-5-9(13(18)19)10(15)6-11(12)16/h5-6,8,17H,7H2,1-4H3,(H,18,19). The zero-order valence-corrected chi connectivity index (χ0v) is 12.0. The van der Waals surface area contributed by atoms with Crippen LogP contribution in [-0.4, -0.2) is 29.8 Å². The molecule has 1 aromatic rings. The molecule has 1 atom stereocenters. The van der Waals surface area contributed by atoms with Gasteiger partial charge in [0.2, 0.25) is 0 Å². The van der Waals surface area contributed by atoms with Crippen molar-refractivity contribution in [2.24, 2.45) is 0 Å². The van der Waals surface area contributed by atoms with Gasteiger partial charge in [-0.1, -0.05) is 0 Å². The Kier molecular flexibility index (Phi) is 5.05. The highest BCUT2D eigenvalue weighted by Gasteiger charge is 2.22. The molecule has 2 N–H and O–H groups in total.